The summed E-state index contributed by atoms with van der Waals surface area (Å²) < 4.78 is 0. The molecule has 0 spiro atoms. The monoisotopic (exact) mass is 278 g/mol. The van der Waals surface area contributed by atoms with Crippen LogP contribution in [0.15, 0.2) is 24.3 Å². The maximum Gasteiger partial charge on any atom is 0.0691 e. The Morgan fingerprint density at radius 1 is 1.42 bits per heavy atom. The molecule has 0 aromatic heterocycles. The molecule has 0 bridgehead atoms. The lowest BCUT2D eigenvalue weighted by atomic mass is 9.91. The van der Waals surface area contributed by atoms with Gasteiger partial charge in [-0.05, 0) is 37.5 Å². The average molecular weight is 279 g/mol. The summed E-state index contributed by atoms with van der Waals surface area (Å²) in [5.41, 5.74) is 6.94. The molecule has 19 heavy (non-hydrogen) atoms. The molecule has 0 aliphatic rings. The summed E-state index contributed by atoms with van der Waals surface area (Å²) in [6, 6.07) is 7.94. The van der Waals surface area contributed by atoms with E-state index in [4.69, 9.17) is 23.8 Å². The second-order valence-corrected chi connectivity index (χ2v) is 5.66. The third kappa shape index (κ3) is 5.24. The van der Waals surface area contributed by atoms with E-state index >= 15 is 0 Å². The van der Waals surface area contributed by atoms with Gasteiger partial charge in [0.2, 0.25) is 0 Å². The third-order valence-corrected chi connectivity index (χ3v) is 3.51. The van der Waals surface area contributed by atoms with Crippen molar-refractivity contribution in [3.05, 3.63) is 34.9 Å². The minimum Gasteiger partial charge on any atom is -0.329 e. The lowest BCUT2D eigenvalue weighted by molar-refractivity contribution is 0.332. The first-order valence-electron chi connectivity index (χ1n) is 6.71. The van der Waals surface area contributed by atoms with E-state index in [9.17, 15) is 0 Å². The Kier molecular flexibility index (Phi) is 6.37. The van der Waals surface area contributed by atoms with Gasteiger partial charge in [0.1, 0.15) is 0 Å². The van der Waals surface area contributed by atoms with Crippen molar-refractivity contribution in [3.8, 4) is 12.3 Å². The van der Waals surface area contributed by atoms with Gasteiger partial charge in [-0.25, -0.2) is 0 Å². The van der Waals surface area contributed by atoms with Crippen LogP contribution in [0.3, 0.4) is 0 Å². The van der Waals surface area contributed by atoms with Crippen LogP contribution in [0, 0.1) is 12.3 Å². The molecule has 2 atom stereocenters. The predicted molar refractivity (Wildman–Crippen MR) is 83.3 cm³/mol. The molecular formula is C16H23ClN2. The Morgan fingerprint density at radius 3 is 2.53 bits per heavy atom. The van der Waals surface area contributed by atoms with E-state index in [1.165, 1.54) is 5.56 Å². The number of nitrogens with two attached hydrogens (primary N) is 1. The molecule has 1 aromatic carbocycles. The van der Waals surface area contributed by atoms with Crippen LogP contribution in [-0.2, 0) is 6.42 Å². The zero-order valence-corrected chi connectivity index (χ0v) is 12.5. The Balaban J connectivity index is 2.74. The van der Waals surface area contributed by atoms with Gasteiger partial charge in [-0.3, -0.25) is 5.32 Å². The number of hydrogen-bond acceptors (Lipinski definition) is 2. The van der Waals surface area contributed by atoms with E-state index in [2.05, 4.69) is 25.1 Å². The normalized spacial score (nSPS) is 15.5. The number of terminal acetylenes is 1. The maximum absolute atomic E-state index is 5.93. The molecule has 3 N–H and O–H groups in total. The second-order valence-electron chi connectivity index (χ2n) is 5.22. The first kappa shape index (κ1) is 16.0. The van der Waals surface area contributed by atoms with Crippen molar-refractivity contribution in [1.82, 2.24) is 5.32 Å². The van der Waals surface area contributed by atoms with Gasteiger partial charge in [-0.2, -0.15) is 0 Å². The standard InChI is InChI=1S/C16H23ClN2/c1-4-6-15(5-2)19-16(3,12-18)11-13-7-9-14(17)10-8-13/h2,7-10,15,19H,4,6,11-12,18H2,1,3H3. The van der Waals surface area contributed by atoms with Crippen LogP contribution in [0.2, 0.25) is 5.02 Å². The van der Waals surface area contributed by atoms with Gasteiger partial charge in [-0.15, -0.1) is 6.42 Å². The lowest BCUT2D eigenvalue weighted by Gasteiger charge is -2.32. The predicted octanol–water partition coefficient (Wildman–Crippen LogP) is 2.99. The molecule has 0 aliphatic heterocycles. The summed E-state index contributed by atoms with van der Waals surface area (Å²) in [5, 5.41) is 4.25. The summed E-state index contributed by atoms with van der Waals surface area (Å²) in [4.78, 5) is 0. The van der Waals surface area contributed by atoms with Gasteiger partial charge in [0.05, 0.1) is 6.04 Å². The Bertz CT molecular complexity index is 421. The molecule has 0 aliphatic carbocycles. The van der Waals surface area contributed by atoms with Crippen LogP contribution in [0.1, 0.15) is 32.3 Å². The van der Waals surface area contributed by atoms with Crippen molar-refractivity contribution in [2.45, 2.75) is 44.7 Å². The molecule has 0 saturated heterocycles. The van der Waals surface area contributed by atoms with E-state index in [-0.39, 0.29) is 11.6 Å². The van der Waals surface area contributed by atoms with Crippen LogP contribution in [-0.4, -0.2) is 18.1 Å². The number of rotatable bonds is 7. The number of hydrogen-bond donors (Lipinski definition) is 2. The van der Waals surface area contributed by atoms with E-state index in [1.54, 1.807) is 0 Å². The average Bonchev–Trinajstić information content (AvgIpc) is 2.41. The van der Waals surface area contributed by atoms with Gasteiger partial charge >= 0.3 is 0 Å². The quantitative estimate of drug-likeness (QED) is 0.753. The topological polar surface area (TPSA) is 38.0 Å². The van der Waals surface area contributed by atoms with Crippen molar-refractivity contribution in [3.63, 3.8) is 0 Å². The molecule has 0 radical (unpaired) electrons. The third-order valence-electron chi connectivity index (χ3n) is 3.26. The van der Waals surface area contributed by atoms with Gasteiger partial charge in [0.15, 0.2) is 0 Å². The second kappa shape index (κ2) is 7.55. The van der Waals surface area contributed by atoms with Crippen molar-refractivity contribution < 1.29 is 0 Å². The van der Waals surface area contributed by atoms with Crippen LogP contribution in [0.25, 0.3) is 0 Å². The molecule has 2 nitrogen and oxygen atoms in total. The fraction of sp³-hybridized carbons (Fsp3) is 0.500. The molecular weight excluding hydrogens is 256 g/mol. The summed E-state index contributed by atoms with van der Waals surface area (Å²) in [6.07, 6.45) is 8.42. The van der Waals surface area contributed by atoms with Crippen molar-refractivity contribution >= 4 is 11.6 Å². The highest BCUT2D eigenvalue weighted by Gasteiger charge is 2.25. The SMILES string of the molecule is C#CC(CCC)NC(C)(CN)Cc1ccc(Cl)cc1. The van der Waals surface area contributed by atoms with Crippen molar-refractivity contribution in [2.75, 3.05) is 6.54 Å². The van der Waals surface area contributed by atoms with Gasteiger partial charge in [-0.1, -0.05) is 43.0 Å². The first-order chi connectivity index (χ1) is 9.03. The zero-order valence-electron chi connectivity index (χ0n) is 11.7. The molecule has 2 unspecified atom stereocenters. The smallest absolute Gasteiger partial charge is 0.0691 e. The van der Waals surface area contributed by atoms with E-state index in [1.807, 2.05) is 24.3 Å². The Morgan fingerprint density at radius 2 is 2.05 bits per heavy atom. The molecule has 104 valence electrons. The number of nitrogens with one attached hydrogen (secondary N) is 1. The highest BCUT2D eigenvalue weighted by Crippen LogP contribution is 2.16. The van der Waals surface area contributed by atoms with Crippen LogP contribution >= 0.6 is 11.6 Å². The first-order valence-corrected chi connectivity index (χ1v) is 7.09. The van der Waals surface area contributed by atoms with E-state index in [0.717, 1.165) is 24.3 Å². The Labute approximate surface area is 121 Å². The summed E-state index contributed by atoms with van der Waals surface area (Å²) in [6.45, 7) is 4.78. The van der Waals surface area contributed by atoms with Crippen LogP contribution < -0.4 is 11.1 Å². The van der Waals surface area contributed by atoms with Gasteiger partial charge in [0, 0.05) is 17.1 Å². The minimum atomic E-state index is -0.194. The minimum absolute atomic E-state index is 0.0749. The van der Waals surface area contributed by atoms with Gasteiger partial charge < -0.3 is 5.73 Å². The summed E-state index contributed by atoms with van der Waals surface area (Å²) in [5.74, 6) is 2.80. The van der Waals surface area contributed by atoms with Crippen molar-refractivity contribution in [2.24, 2.45) is 5.73 Å². The Hall–Kier alpha value is -1.01. The van der Waals surface area contributed by atoms with Crippen molar-refractivity contribution in [1.29, 1.82) is 0 Å². The fourth-order valence-corrected chi connectivity index (χ4v) is 2.27. The zero-order chi connectivity index (χ0) is 14.3. The highest BCUT2D eigenvalue weighted by molar-refractivity contribution is 6.30. The van der Waals surface area contributed by atoms with Crippen LogP contribution in [0.5, 0.6) is 0 Å². The number of halogens is 1. The molecule has 0 fully saturated rings. The van der Waals surface area contributed by atoms with Crippen LogP contribution in [0.4, 0.5) is 0 Å². The highest BCUT2D eigenvalue weighted by atomic mass is 35.5. The number of benzene rings is 1. The largest absolute Gasteiger partial charge is 0.329 e. The molecule has 1 rings (SSSR count). The van der Waals surface area contributed by atoms with E-state index < -0.39 is 0 Å². The maximum atomic E-state index is 5.93. The molecule has 0 saturated carbocycles. The van der Waals surface area contributed by atoms with E-state index in [0.29, 0.717) is 6.54 Å². The summed E-state index contributed by atoms with van der Waals surface area (Å²) in [7, 11) is 0. The summed E-state index contributed by atoms with van der Waals surface area (Å²) >= 11 is 5.90. The molecule has 1 aromatic rings. The molecule has 0 heterocycles. The molecule has 0 amide bonds. The fourth-order valence-electron chi connectivity index (χ4n) is 2.14. The molecule has 3 heteroatoms. The lowest BCUT2D eigenvalue weighted by Crippen LogP contribution is -2.54. The van der Waals surface area contributed by atoms with Gasteiger partial charge in [0.25, 0.3) is 0 Å².